The van der Waals surface area contributed by atoms with E-state index >= 15 is 0 Å². The zero-order chi connectivity index (χ0) is 16.9. The highest BCUT2D eigenvalue weighted by Crippen LogP contribution is 2.24. The molecule has 0 N–H and O–H groups in total. The van der Waals surface area contributed by atoms with Gasteiger partial charge in [-0.1, -0.05) is 6.42 Å². The molecule has 0 radical (unpaired) electrons. The number of ether oxygens (including phenoxy) is 1. The second kappa shape index (κ2) is 8.15. The predicted molar refractivity (Wildman–Crippen MR) is 94.8 cm³/mol. The van der Waals surface area contributed by atoms with Gasteiger partial charge in [-0.3, -0.25) is 9.80 Å². The lowest BCUT2D eigenvalue weighted by Gasteiger charge is -2.37. The highest BCUT2D eigenvalue weighted by atomic mass is 16.5. The van der Waals surface area contributed by atoms with Crippen LogP contribution >= 0.6 is 0 Å². The third-order valence-corrected chi connectivity index (χ3v) is 5.76. The van der Waals surface area contributed by atoms with Gasteiger partial charge >= 0.3 is 0 Å². The first-order chi connectivity index (χ1) is 11.7. The summed E-state index contributed by atoms with van der Waals surface area (Å²) in [6.07, 6.45) is 5.20. The largest absolute Gasteiger partial charge is 0.379 e. The van der Waals surface area contributed by atoms with Gasteiger partial charge in [0.15, 0.2) is 0 Å². The lowest BCUT2D eigenvalue weighted by Crippen LogP contribution is -2.43. The van der Waals surface area contributed by atoms with Gasteiger partial charge in [-0.25, -0.2) is 0 Å². The van der Waals surface area contributed by atoms with Crippen LogP contribution in [0.25, 0.3) is 0 Å². The summed E-state index contributed by atoms with van der Waals surface area (Å²) in [5.74, 6) is 0. The van der Waals surface area contributed by atoms with Gasteiger partial charge < -0.3 is 9.30 Å². The molecule has 0 spiro atoms. The van der Waals surface area contributed by atoms with E-state index in [0.29, 0.717) is 6.04 Å². The molecule has 1 aromatic rings. The van der Waals surface area contributed by atoms with Crippen LogP contribution in [-0.4, -0.2) is 59.8 Å². The Kier molecular flexibility index (Phi) is 5.94. The lowest BCUT2D eigenvalue weighted by atomic mass is 9.98. The number of rotatable bonds is 5. The van der Waals surface area contributed by atoms with E-state index in [1.54, 1.807) is 0 Å². The minimum atomic E-state index is 0.673. The number of likely N-dealkylation sites (tertiary alicyclic amines) is 1. The summed E-state index contributed by atoms with van der Waals surface area (Å²) in [4.78, 5) is 5.19. The van der Waals surface area contributed by atoms with E-state index in [0.717, 1.165) is 38.5 Å². The average Bonchev–Trinajstić information content (AvgIpc) is 2.90. The molecule has 2 saturated heterocycles. The first kappa shape index (κ1) is 17.5. The van der Waals surface area contributed by atoms with Crippen molar-refractivity contribution in [2.45, 2.75) is 45.2 Å². The van der Waals surface area contributed by atoms with Gasteiger partial charge in [0.25, 0.3) is 0 Å². The SMILES string of the molecule is Cc1c(CN2CCCC[C@@H]2CCN2CCOCC2)cc(C#N)n1C. The molecule has 5 nitrogen and oxygen atoms in total. The van der Waals surface area contributed by atoms with Crippen LogP contribution in [0, 0.1) is 18.3 Å². The van der Waals surface area contributed by atoms with E-state index in [1.165, 1.54) is 50.0 Å². The first-order valence-electron chi connectivity index (χ1n) is 9.28. The molecule has 0 bridgehead atoms. The van der Waals surface area contributed by atoms with Gasteiger partial charge in [0.1, 0.15) is 11.8 Å². The van der Waals surface area contributed by atoms with Crippen molar-refractivity contribution in [1.29, 1.82) is 5.26 Å². The van der Waals surface area contributed by atoms with Gasteiger partial charge in [0, 0.05) is 38.4 Å². The second-order valence-corrected chi connectivity index (χ2v) is 7.17. The van der Waals surface area contributed by atoms with Crippen molar-refractivity contribution < 1.29 is 4.74 Å². The Labute approximate surface area is 145 Å². The molecule has 1 atom stereocenters. The Balaban J connectivity index is 1.61. The number of aromatic nitrogens is 1. The molecular weight excluding hydrogens is 300 g/mol. The first-order valence-corrected chi connectivity index (χ1v) is 9.28. The number of morpholine rings is 1. The normalized spacial score (nSPS) is 23.3. The molecule has 0 aromatic carbocycles. The van der Waals surface area contributed by atoms with Gasteiger partial charge in [0.05, 0.1) is 13.2 Å². The molecule has 2 fully saturated rings. The molecule has 2 aliphatic heterocycles. The molecule has 2 aliphatic rings. The van der Waals surface area contributed by atoms with Crippen LogP contribution in [0.5, 0.6) is 0 Å². The monoisotopic (exact) mass is 330 g/mol. The average molecular weight is 330 g/mol. The summed E-state index contributed by atoms with van der Waals surface area (Å²) in [6.45, 7) is 9.40. The Bertz CT molecular complexity index is 583. The number of piperidine rings is 1. The minimum absolute atomic E-state index is 0.673. The van der Waals surface area contributed by atoms with Crippen LogP contribution in [0.1, 0.15) is 42.6 Å². The van der Waals surface area contributed by atoms with Crippen LogP contribution in [0.2, 0.25) is 0 Å². The number of hydrogen-bond donors (Lipinski definition) is 0. The highest BCUT2D eigenvalue weighted by Gasteiger charge is 2.24. The third-order valence-electron chi connectivity index (χ3n) is 5.76. The zero-order valence-corrected chi connectivity index (χ0v) is 15.1. The van der Waals surface area contributed by atoms with E-state index in [1.807, 2.05) is 11.6 Å². The molecule has 0 saturated carbocycles. The van der Waals surface area contributed by atoms with Gasteiger partial charge in [-0.15, -0.1) is 0 Å². The van der Waals surface area contributed by atoms with Crippen molar-refractivity contribution in [2.24, 2.45) is 7.05 Å². The zero-order valence-electron chi connectivity index (χ0n) is 15.1. The summed E-state index contributed by atoms with van der Waals surface area (Å²) >= 11 is 0. The van der Waals surface area contributed by atoms with Crippen molar-refractivity contribution in [1.82, 2.24) is 14.4 Å². The summed E-state index contributed by atoms with van der Waals surface area (Å²) in [6, 6.07) is 5.04. The van der Waals surface area contributed by atoms with Crippen molar-refractivity contribution in [3.8, 4) is 6.07 Å². The van der Waals surface area contributed by atoms with E-state index in [-0.39, 0.29) is 0 Å². The van der Waals surface area contributed by atoms with Crippen molar-refractivity contribution in [2.75, 3.05) is 39.4 Å². The van der Waals surface area contributed by atoms with E-state index < -0.39 is 0 Å². The smallest absolute Gasteiger partial charge is 0.120 e. The van der Waals surface area contributed by atoms with Gasteiger partial charge in [0.2, 0.25) is 0 Å². The fourth-order valence-electron chi connectivity index (χ4n) is 4.00. The van der Waals surface area contributed by atoms with Crippen LogP contribution in [0.3, 0.4) is 0 Å². The molecule has 24 heavy (non-hydrogen) atoms. The summed E-state index contributed by atoms with van der Waals surface area (Å²) in [5, 5.41) is 9.24. The maximum Gasteiger partial charge on any atom is 0.120 e. The Hall–Kier alpha value is -1.35. The van der Waals surface area contributed by atoms with Crippen LogP contribution in [0.4, 0.5) is 0 Å². The maximum atomic E-state index is 9.24. The number of nitriles is 1. The third kappa shape index (κ3) is 4.00. The standard InChI is InChI=1S/C19H30N4O/c1-16-17(13-19(14-20)21(16)2)15-23-7-4-3-5-18(23)6-8-22-9-11-24-12-10-22/h13,18H,3-12,15H2,1-2H3/t18-/m1/s1. The quantitative estimate of drug-likeness (QED) is 0.831. The predicted octanol–water partition coefficient (Wildman–Crippen LogP) is 2.28. The topological polar surface area (TPSA) is 44.4 Å². The van der Waals surface area contributed by atoms with Crippen LogP contribution in [-0.2, 0) is 18.3 Å². The van der Waals surface area contributed by atoms with Gasteiger partial charge in [-0.2, -0.15) is 5.26 Å². The lowest BCUT2D eigenvalue weighted by molar-refractivity contribution is 0.0302. The molecule has 5 heteroatoms. The van der Waals surface area contributed by atoms with E-state index in [4.69, 9.17) is 4.74 Å². The summed E-state index contributed by atoms with van der Waals surface area (Å²) < 4.78 is 7.46. The molecule has 3 rings (SSSR count). The fourth-order valence-corrected chi connectivity index (χ4v) is 4.00. The van der Waals surface area contributed by atoms with Crippen molar-refractivity contribution in [3.05, 3.63) is 23.0 Å². The highest BCUT2D eigenvalue weighted by molar-refractivity contribution is 5.34. The molecule has 132 valence electrons. The number of hydrogen-bond acceptors (Lipinski definition) is 4. The Morgan fingerprint density at radius 3 is 2.75 bits per heavy atom. The molecule has 0 amide bonds. The van der Waals surface area contributed by atoms with Crippen molar-refractivity contribution >= 4 is 0 Å². The fraction of sp³-hybridized carbons (Fsp3) is 0.737. The molecule has 3 heterocycles. The van der Waals surface area contributed by atoms with E-state index in [2.05, 4.69) is 28.9 Å². The summed E-state index contributed by atoms with van der Waals surface area (Å²) in [7, 11) is 1.99. The Morgan fingerprint density at radius 2 is 2.04 bits per heavy atom. The van der Waals surface area contributed by atoms with Crippen molar-refractivity contribution in [3.63, 3.8) is 0 Å². The Morgan fingerprint density at radius 1 is 1.25 bits per heavy atom. The van der Waals surface area contributed by atoms with Gasteiger partial charge in [-0.05, 0) is 50.9 Å². The summed E-state index contributed by atoms with van der Waals surface area (Å²) in [5.41, 5.74) is 3.31. The minimum Gasteiger partial charge on any atom is -0.379 e. The van der Waals surface area contributed by atoms with Crippen LogP contribution < -0.4 is 0 Å². The molecular formula is C19H30N4O. The van der Waals surface area contributed by atoms with E-state index in [9.17, 15) is 5.26 Å². The molecule has 0 aliphatic carbocycles. The second-order valence-electron chi connectivity index (χ2n) is 7.17. The number of nitrogens with zero attached hydrogens (tertiary/aromatic N) is 4. The van der Waals surface area contributed by atoms with Crippen LogP contribution in [0.15, 0.2) is 6.07 Å². The molecule has 1 aromatic heterocycles. The maximum absolute atomic E-state index is 9.24. The molecule has 0 unspecified atom stereocenters.